The van der Waals surface area contributed by atoms with Gasteiger partial charge in [0.1, 0.15) is 12.4 Å². The second kappa shape index (κ2) is 7.58. The van der Waals surface area contributed by atoms with Crippen LogP contribution in [0.1, 0.15) is 16.7 Å². The lowest BCUT2D eigenvalue weighted by molar-refractivity contribution is 0.319. The number of nitrogens with zero attached hydrogens (tertiary/aromatic N) is 1. The molecule has 2 aromatic rings. The van der Waals surface area contributed by atoms with Gasteiger partial charge in [0.25, 0.3) is 0 Å². The van der Waals surface area contributed by atoms with Crippen molar-refractivity contribution < 1.29 is 9.50 Å². The van der Waals surface area contributed by atoms with Crippen LogP contribution in [-0.4, -0.2) is 23.7 Å². The van der Waals surface area contributed by atoms with E-state index in [1.54, 1.807) is 12.1 Å². The SMILES string of the molecule is CN(Cc1ccc(F)cc1)Cc1cccc(C#CCO)c1. The molecule has 0 unspecified atom stereocenters. The summed E-state index contributed by atoms with van der Waals surface area (Å²) in [4.78, 5) is 2.16. The summed E-state index contributed by atoms with van der Waals surface area (Å²) < 4.78 is 12.9. The third-order valence-corrected chi connectivity index (χ3v) is 3.06. The normalized spacial score (nSPS) is 10.3. The van der Waals surface area contributed by atoms with E-state index in [1.807, 2.05) is 31.3 Å². The zero-order chi connectivity index (χ0) is 15.1. The molecule has 21 heavy (non-hydrogen) atoms. The summed E-state index contributed by atoms with van der Waals surface area (Å²) in [5.74, 6) is 5.34. The van der Waals surface area contributed by atoms with Crippen LogP contribution in [0.4, 0.5) is 4.39 Å². The van der Waals surface area contributed by atoms with Crippen LogP contribution < -0.4 is 0 Å². The molecule has 0 aliphatic heterocycles. The van der Waals surface area contributed by atoms with Gasteiger partial charge in [-0.1, -0.05) is 36.1 Å². The van der Waals surface area contributed by atoms with Crippen molar-refractivity contribution in [1.82, 2.24) is 4.90 Å². The fourth-order valence-corrected chi connectivity index (χ4v) is 2.16. The average Bonchev–Trinajstić information content (AvgIpc) is 2.48. The summed E-state index contributed by atoms with van der Waals surface area (Å²) in [6.07, 6.45) is 0. The van der Waals surface area contributed by atoms with Crippen molar-refractivity contribution in [1.29, 1.82) is 0 Å². The van der Waals surface area contributed by atoms with Gasteiger partial charge in [-0.15, -0.1) is 0 Å². The van der Waals surface area contributed by atoms with E-state index >= 15 is 0 Å². The lowest BCUT2D eigenvalue weighted by Crippen LogP contribution is -2.17. The Hall–Kier alpha value is -2.15. The van der Waals surface area contributed by atoms with E-state index in [9.17, 15) is 4.39 Å². The first-order chi connectivity index (χ1) is 10.2. The third-order valence-electron chi connectivity index (χ3n) is 3.06. The van der Waals surface area contributed by atoms with Crippen molar-refractivity contribution in [3.8, 4) is 11.8 Å². The third kappa shape index (κ3) is 5.03. The number of rotatable bonds is 4. The molecule has 0 aliphatic carbocycles. The molecule has 0 fully saturated rings. The van der Waals surface area contributed by atoms with Gasteiger partial charge in [-0.25, -0.2) is 4.39 Å². The van der Waals surface area contributed by atoms with Gasteiger partial charge in [-0.2, -0.15) is 0 Å². The minimum atomic E-state index is -0.212. The Bertz CT molecular complexity index is 640. The number of hydrogen-bond acceptors (Lipinski definition) is 2. The predicted octanol–water partition coefficient (Wildman–Crippen LogP) is 2.80. The molecular formula is C18H18FNO. The molecule has 2 nitrogen and oxygen atoms in total. The van der Waals surface area contributed by atoms with Crippen LogP contribution in [0.3, 0.4) is 0 Å². The van der Waals surface area contributed by atoms with Gasteiger partial charge < -0.3 is 5.11 Å². The highest BCUT2D eigenvalue weighted by atomic mass is 19.1. The van der Waals surface area contributed by atoms with Gasteiger partial charge in [-0.05, 0) is 42.4 Å². The monoisotopic (exact) mass is 283 g/mol. The number of halogens is 1. The van der Waals surface area contributed by atoms with Gasteiger partial charge in [-0.3, -0.25) is 4.90 Å². The lowest BCUT2D eigenvalue weighted by atomic mass is 10.1. The maximum atomic E-state index is 12.9. The second-order valence-electron chi connectivity index (χ2n) is 4.96. The first-order valence-electron chi connectivity index (χ1n) is 6.79. The summed E-state index contributed by atoms with van der Waals surface area (Å²) in [5, 5.41) is 8.72. The van der Waals surface area contributed by atoms with E-state index in [4.69, 9.17) is 5.11 Å². The molecule has 0 bridgehead atoms. The summed E-state index contributed by atoms with van der Waals surface area (Å²) in [7, 11) is 2.02. The molecule has 0 radical (unpaired) electrons. The highest BCUT2D eigenvalue weighted by Crippen LogP contribution is 2.10. The minimum absolute atomic E-state index is 0.130. The molecule has 2 rings (SSSR count). The zero-order valence-corrected chi connectivity index (χ0v) is 12.0. The topological polar surface area (TPSA) is 23.5 Å². The van der Waals surface area contributed by atoms with Gasteiger partial charge in [0, 0.05) is 18.7 Å². The van der Waals surface area contributed by atoms with Crippen LogP contribution in [-0.2, 0) is 13.1 Å². The molecule has 0 aliphatic rings. The van der Waals surface area contributed by atoms with Crippen molar-refractivity contribution in [2.75, 3.05) is 13.7 Å². The molecule has 108 valence electrons. The van der Waals surface area contributed by atoms with Gasteiger partial charge in [0.05, 0.1) is 0 Å². The molecule has 0 spiro atoms. The Kier molecular flexibility index (Phi) is 5.51. The molecule has 2 aromatic carbocycles. The lowest BCUT2D eigenvalue weighted by Gasteiger charge is -2.17. The van der Waals surface area contributed by atoms with Crippen molar-refractivity contribution in [2.45, 2.75) is 13.1 Å². The van der Waals surface area contributed by atoms with Crippen molar-refractivity contribution in [3.05, 3.63) is 71.0 Å². The molecule has 0 saturated carbocycles. The quantitative estimate of drug-likeness (QED) is 0.872. The smallest absolute Gasteiger partial charge is 0.123 e. The maximum absolute atomic E-state index is 12.9. The molecule has 0 amide bonds. The van der Waals surface area contributed by atoms with Crippen LogP contribution in [0.5, 0.6) is 0 Å². The van der Waals surface area contributed by atoms with Crippen molar-refractivity contribution in [3.63, 3.8) is 0 Å². The van der Waals surface area contributed by atoms with Crippen LogP contribution in [0, 0.1) is 17.7 Å². The van der Waals surface area contributed by atoms with E-state index in [0.29, 0.717) is 0 Å². The molecule has 1 N–H and O–H groups in total. The Morgan fingerprint density at radius 1 is 1.05 bits per heavy atom. The van der Waals surface area contributed by atoms with Gasteiger partial charge >= 0.3 is 0 Å². The fourth-order valence-electron chi connectivity index (χ4n) is 2.16. The van der Waals surface area contributed by atoms with Crippen LogP contribution in [0.2, 0.25) is 0 Å². The second-order valence-corrected chi connectivity index (χ2v) is 4.96. The highest BCUT2D eigenvalue weighted by Gasteiger charge is 2.03. The zero-order valence-electron chi connectivity index (χ0n) is 12.0. The Labute approximate surface area is 124 Å². The Balaban J connectivity index is 1.99. The number of hydrogen-bond donors (Lipinski definition) is 1. The summed E-state index contributed by atoms with van der Waals surface area (Å²) in [6, 6.07) is 14.5. The summed E-state index contributed by atoms with van der Waals surface area (Å²) in [5.41, 5.74) is 3.14. The fraction of sp³-hybridized carbons (Fsp3) is 0.222. The summed E-state index contributed by atoms with van der Waals surface area (Å²) in [6.45, 7) is 1.41. The van der Waals surface area contributed by atoms with E-state index in [1.165, 1.54) is 12.1 Å². The predicted molar refractivity (Wildman–Crippen MR) is 82.0 cm³/mol. The van der Waals surface area contributed by atoms with E-state index < -0.39 is 0 Å². The minimum Gasteiger partial charge on any atom is -0.384 e. The molecule has 3 heteroatoms. The van der Waals surface area contributed by atoms with Crippen LogP contribution in [0.25, 0.3) is 0 Å². The standard InChI is InChI=1S/C18H18FNO/c1-20(13-16-7-9-18(19)10-8-16)14-17-5-2-4-15(12-17)6-3-11-21/h2,4-5,7-10,12,21H,11,13-14H2,1H3. The van der Waals surface area contributed by atoms with Crippen LogP contribution >= 0.6 is 0 Å². The van der Waals surface area contributed by atoms with Crippen molar-refractivity contribution >= 4 is 0 Å². The first kappa shape index (κ1) is 15.2. The highest BCUT2D eigenvalue weighted by molar-refractivity contribution is 5.37. The van der Waals surface area contributed by atoms with Crippen molar-refractivity contribution in [2.24, 2.45) is 0 Å². The first-order valence-corrected chi connectivity index (χ1v) is 6.79. The van der Waals surface area contributed by atoms with E-state index in [0.717, 1.165) is 29.8 Å². The Morgan fingerprint density at radius 2 is 1.76 bits per heavy atom. The number of aliphatic hydroxyl groups is 1. The average molecular weight is 283 g/mol. The van der Waals surface area contributed by atoms with E-state index in [-0.39, 0.29) is 12.4 Å². The van der Waals surface area contributed by atoms with Gasteiger partial charge in [0.15, 0.2) is 0 Å². The molecule has 0 aromatic heterocycles. The largest absolute Gasteiger partial charge is 0.384 e. The molecule has 0 atom stereocenters. The maximum Gasteiger partial charge on any atom is 0.123 e. The Morgan fingerprint density at radius 3 is 2.48 bits per heavy atom. The molecular weight excluding hydrogens is 265 g/mol. The summed E-state index contributed by atoms with van der Waals surface area (Å²) >= 11 is 0. The van der Waals surface area contributed by atoms with E-state index in [2.05, 4.69) is 16.7 Å². The molecule has 0 heterocycles. The number of aliphatic hydroxyl groups excluding tert-OH is 1. The number of benzene rings is 2. The molecule has 0 saturated heterocycles. The van der Waals surface area contributed by atoms with Crippen LogP contribution in [0.15, 0.2) is 48.5 Å². The van der Waals surface area contributed by atoms with Gasteiger partial charge in [0.2, 0.25) is 0 Å².